The van der Waals surface area contributed by atoms with Gasteiger partial charge in [-0.15, -0.1) is 11.8 Å². The van der Waals surface area contributed by atoms with E-state index in [0.29, 0.717) is 0 Å². The number of benzene rings is 3. The van der Waals surface area contributed by atoms with Gasteiger partial charge in [0.05, 0.1) is 6.61 Å². The zero-order valence-corrected chi connectivity index (χ0v) is 16.3. The molecule has 3 rings (SSSR count). The first kappa shape index (κ1) is 19.6. The van der Waals surface area contributed by atoms with Gasteiger partial charge in [-0.1, -0.05) is 72.8 Å². The molecule has 1 unspecified atom stereocenters. The zero-order chi connectivity index (χ0) is 19.8. The van der Waals surface area contributed by atoms with E-state index in [-0.39, 0.29) is 12.3 Å². The van der Waals surface area contributed by atoms with Gasteiger partial charge >= 0.3 is 11.7 Å². The van der Waals surface area contributed by atoms with Crippen LogP contribution in [0.1, 0.15) is 17.7 Å². The number of carbonyl (C=O) groups excluding carboxylic acids is 1. The summed E-state index contributed by atoms with van der Waals surface area (Å²) in [5.41, 5.74) is 12.6. The monoisotopic (exact) mass is 388 g/mol. The molecule has 4 nitrogen and oxygen atoms in total. The van der Waals surface area contributed by atoms with Crippen LogP contribution < -0.4 is 0 Å². The maximum absolute atomic E-state index is 12.3. The number of rotatable bonds is 7. The summed E-state index contributed by atoms with van der Waals surface area (Å²) < 4.78 is 5.09. The highest BCUT2D eigenvalue weighted by atomic mass is 32.2. The molecule has 1 atom stereocenters. The van der Waals surface area contributed by atoms with E-state index in [9.17, 15) is 10.3 Å². The van der Waals surface area contributed by atoms with E-state index in [4.69, 9.17) is 4.74 Å². The first-order valence-electron chi connectivity index (χ1n) is 8.99. The normalized spacial score (nSPS) is 11.3. The minimum atomic E-state index is -0.620. The van der Waals surface area contributed by atoms with Crippen molar-refractivity contribution in [3.63, 3.8) is 0 Å². The molecule has 0 aliphatic heterocycles. The molecule has 0 bridgehead atoms. The van der Waals surface area contributed by atoms with Crippen molar-refractivity contribution in [1.29, 1.82) is 0 Å². The van der Waals surface area contributed by atoms with Crippen molar-refractivity contribution in [3.05, 3.63) is 96.0 Å². The Balaban J connectivity index is 1.96. The van der Waals surface area contributed by atoms with Crippen LogP contribution in [0.25, 0.3) is 16.7 Å². The average Bonchev–Trinajstić information content (AvgIpc) is 2.75. The summed E-state index contributed by atoms with van der Waals surface area (Å²) in [6.07, 6.45) is 0. The Morgan fingerprint density at radius 2 is 1.50 bits per heavy atom. The fraction of sp³-hybridized carbons (Fsp3) is 0.130. The van der Waals surface area contributed by atoms with E-state index in [1.807, 2.05) is 84.9 Å². The van der Waals surface area contributed by atoms with Crippen LogP contribution >= 0.6 is 11.8 Å². The zero-order valence-electron chi connectivity index (χ0n) is 15.5. The Bertz CT molecular complexity index is 967. The molecule has 0 saturated heterocycles. The predicted octanol–water partition coefficient (Wildman–Crippen LogP) is 5.42. The Morgan fingerprint density at radius 3 is 2.07 bits per heavy atom. The van der Waals surface area contributed by atoms with Gasteiger partial charge in [0.25, 0.3) is 0 Å². The predicted molar refractivity (Wildman–Crippen MR) is 112 cm³/mol. The molecule has 0 radical (unpaired) electrons. The molecule has 0 aliphatic rings. The number of ether oxygens (including phenoxy) is 1. The standard InChI is InChI=1S/C23H20N2O2S/c1-2-27-23(26)21(25-24)22(28-20-11-7-4-8-12-20)19-15-13-18(14-16-19)17-9-5-3-6-10-17/h3-16,22H,2H2,1H3. The quantitative estimate of drug-likeness (QED) is 0.178. The van der Waals surface area contributed by atoms with Crippen molar-refractivity contribution in [3.8, 4) is 11.1 Å². The van der Waals surface area contributed by atoms with Gasteiger partial charge in [-0.05, 0) is 35.7 Å². The molecule has 0 fully saturated rings. The molecule has 0 saturated carbocycles. The minimum absolute atomic E-state index is 0.0248. The largest absolute Gasteiger partial charge is 0.457 e. The molecule has 5 heteroatoms. The maximum Gasteiger partial charge on any atom is 0.418 e. The van der Waals surface area contributed by atoms with Crippen LogP contribution in [-0.2, 0) is 9.53 Å². The smallest absolute Gasteiger partial charge is 0.418 e. The van der Waals surface area contributed by atoms with E-state index in [1.54, 1.807) is 6.92 Å². The third kappa shape index (κ3) is 4.77. The van der Waals surface area contributed by atoms with Crippen LogP contribution in [0.2, 0.25) is 0 Å². The second kappa shape index (κ2) is 9.70. The SMILES string of the molecule is CCOC(=O)C(=[N+]=[N-])C(Sc1ccccc1)c1ccc(-c2ccccc2)cc1. The number of hydrogen-bond acceptors (Lipinski definition) is 3. The highest BCUT2D eigenvalue weighted by Gasteiger charge is 2.35. The average molecular weight is 388 g/mol. The first-order chi connectivity index (χ1) is 13.7. The fourth-order valence-electron chi connectivity index (χ4n) is 2.80. The van der Waals surface area contributed by atoms with Crippen molar-refractivity contribution < 1.29 is 14.3 Å². The molecular formula is C23H20N2O2S. The van der Waals surface area contributed by atoms with Crippen molar-refractivity contribution in [2.75, 3.05) is 6.61 Å². The van der Waals surface area contributed by atoms with Crippen LogP contribution in [-0.4, -0.2) is 23.1 Å². The molecule has 3 aromatic carbocycles. The molecule has 0 amide bonds. The number of hydrogen-bond donors (Lipinski definition) is 0. The lowest BCUT2D eigenvalue weighted by Gasteiger charge is -2.13. The molecule has 28 heavy (non-hydrogen) atoms. The number of carbonyl (C=O) groups is 1. The summed E-state index contributed by atoms with van der Waals surface area (Å²) in [5.74, 6) is -0.620. The summed E-state index contributed by atoms with van der Waals surface area (Å²) in [4.78, 5) is 16.6. The van der Waals surface area contributed by atoms with Gasteiger partial charge in [0.15, 0.2) is 0 Å². The first-order valence-corrected chi connectivity index (χ1v) is 9.87. The van der Waals surface area contributed by atoms with E-state index in [1.165, 1.54) is 11.8 Å². The maximum atomic E-state index is 12.3. The Labute approximate surface area is 168 Å². The van der Waals surface area contributed by atoms with Crippen molar-refractivity contribution in [1.82, 2.24) is 0 Å². The summed E-state index contributed by atoms with van der Waals surface area (Å²) in [7, 11) is 0. The third-order valence-electron chi connectivity index (χ3n) is 4.16. The lowest BCUT2D eigenvalue weighted by atomic mass is 10.0. The van der Waals surface area contributed by atoms with Crippen LogP contribution in [0.4, 0.5) is 0 Å². The third-order valence-corrected chi connectivity index (χ3v) is 5.43. The summed E-state index contributed by atoms with van der Waals surface area (Å²) >= 11 is 1.44. The highest BCUT2D eigenvalue weighted by molar-refractivity contribution is 8.00. The van der Waals surface area contributed by atoms with Gasteiger partial charge in [0.1, 0.15) is 5.25 Å². The minimum Gasteiger partial charge on any atom is -0.457 e. The topological polar surface area (TPSA) is 62.7 Å². The Hall–Kier alpha value is -3.14. The van der Waals surface area contributed by atoms with Gasteiger partial charge in [-0.25, -0.2) is 4.79 Å². The molecule has 3 aromatic rings. The van der Waals surface area contributed by atoms with Gasteiger partial charge in [0, 0.05) is 4.90 Å². The van der Waals surface area contributed by atoms with Crippen molar-refractivity contribution in [2.45, 2.75) is 17.1 Å². The van der Waals surface area contributed by atoms with Gasteiger partial charge in [-0.2, -0.15) is 4.79 Å². The Kier molecular flexibility index (Phi) is 6.79. The highest BCUT2D eigenvalue weighted by Crippen LogP contribution is 2.37. The molecule has 140 valence electrons. The van der Waals surface area contributed by atoms with Gasteiger partial charge in [0.2, 0.25) is 0 Å². The second-order valence-corrected chi connectivity index (χ2v) is 7.18. The second-order valence-electron chi connectivity index (χ2n) is 6.00. The lowest BCUT2D eigenvalue weighted by Crippen LogP contribution is -2.24. The number of thioether (sulfide) groups is 1. The van der Waals surface area contributed by atoms with Crippen molar-refractivity contribution in [2.24, 2.45) is 0 Å². The van der Waals surface area contributed by atoms with Crippen LogP contribution in [0.15, 0.2) is 89.8 Å². The molecule has 0 aromatic heterocycles. The summed E-state index contributed by atoms with van der Waals surface area (Å²) in [6, 6.07) is 27.7. The van der Waals surface area contributed by atoms with Crippen LogP contribution in [0, 0.1) is 0 Å². The number of esters is 1. The molecular weight excluding hydrogens is 368 g/mol. The fourth-order valence-corrected chi connectivity index (χ4v) is 3.94. The lowest BCUT2D eigenvalue weighted by molar-refractivity contribution is -0.140. The van der Waals surface area contributed by atoms with Crippen LogP contribution in [0.3, 0.4) is 0 Å². The van der Waals surface area contributed by atoms with Gasteiger partial charge in [-0.3, -0.25) is 0 Å². The molecule has 0 N–H and O–H groups in total. The van der Waals surface area contributed by atoms with E-state index in [0.717, 1.165) is 21.6 Å². The molecule has 0 spiro atoms. The van der Waals surface area contributed by atoms with E-state index < -0.39 is 11.2 Å². The molecule has 0 heterocycles. The summed E-state index contributed by atoms with van der Waals surface area (Å²) in [6.45, 7) is 1.94. The summed E-state index contributed by atoms with van der Waals surface area (Å²) in [5, 5.41) is -0.490. The van der Waals surface area contributed by atoms with Crippen molar-refractivity contribution >= 4 is 23.4 Å². The van der Waals surface area contributed by atoms with Gasteiger partial charge < -0.3 is 10.3 Å². The van der Waals surface area contributed by atoms with Crippen LogP contribution in [0.5, 0.6) is 0 Å². The number of nitrogens with zero attached hydrogens (tertiary/aromatic N) is 2. The Morgan fingerprint density at radius 1 is 0.929 bits per heavy atom. The van der Waals surface area contributed by atoms with E-state index in [2.05, 4.69) is 4.79 Å². The van der Waals surface area contributed by atoms with E-state index >= 15 is 0 Å². The molecule has 0 aliphatic carbocycles.